The topological polar surface area (TPSA) is 73.3 Å². The maximum absolute atomic E-state index is 10.3. The second kappa shape index (κ2) is 6.09. The standard InChI is InChI=1S/C16H17N3O/c1-19(13-8-6-12(10-17)7-9-13)11-16(20)14-4-2-3-5-15(14)18/h2-9,16,20H,11,18H2,1H3. The van der Waals surface area contributed by atoms with Crippen LogP contribution in [0.25, 0.3) is 0 Å². The normalized spacial score (nSPS) is 11.7. The first-order valence-electron chi connectivity index (χ1n) is 6.35. The van der Waals surface area contributed by atoms with Gasteiger partial charge in [0.05, 0.1) is 17.7 Å². The van der Waals surface area contributed by atoms with Crippen LogP contribution in [0.2, 0.25) is 0 Å². The molecule has 0 aromatic heterocycles. The highest BCUT2D eigenvalue weighted by Gasteiger charge is 2.13. The van der Waals surface area contributed by atoms with E-state index in [1.807, 2.05) is 42.3 Å². The van der Waals surface area contributed by atoms with E-state index in [1.54, 1.807) is 18.2 Å². The molecule has 0 aliphatic heterocycles. The van der Waals surface area contributed by atoms with E-state index >= 15 is 0 Å². The van der Waals surface area contributed by atoms with Crippen molar-refractivity contribution in [3.05, 3.63) is 59.7 Å². The van der Waals surface area contributed by atoms with Gasteiger partial charge in [0.25, 0.3) is 0 Å². The molecule has 0 amide bonds. The van der Waals surface area contributed by atoms with Crippen molar-refractivity contribution >= 4 is 11.4 Å². The Morgan fingerprint density at radius 1 is 1.20 bits per heavy atom. The molecule has 102 valence electrons. The summed E-state index contributed by atoms with van der Waals surface area (Å²) in [6.07, 6.45) is -0.656. The first-order chi connectivity index (χ1) is 9.61. The van der Waals surface area contributed by atoms with Crippen LogP contribution in [0.15, 0.2) is 48.5 Å². The third-order valence-electron chi connectivity index (χ3n) is 3.24. The molecule has 0 radical (unpaired) electrons. The molecule has 0 bridgehead atoms. The van der Waals surface area contributed by atoms with Crippen LogP contribution in [0.3, 0.4) is 0 Å². The fraction of sp³-hybridized carbons (Fsp3) is 0.188. The molecule has 3 N–H and O–H groups in total. The third-order valence-corrected chi connectivity index (χ3v) is 3.24. The number of benzene rings is 2. The minimum absolute atomic E-state index is 0.431. The Morgan fingerprint density at radius 2 is 1.85 bits per heavy atom. The molecule has 0 aliphatic rings. The van der Waals surface area contributed by atoms with Crippen LogP contribution in [0.5, 0.6) is 0 Å². The summed E-state index contributed by atoms with van der Waals surface area (Å²) >= 11 is 0. The average molecular weight is 267 g/mol. The molecule has 0 fully saturated rings. The van der Waals surface area contributed by atoms with Crippen molar-refractivity contribution in [1.82, 2.24) is 0 Å². The minimum atomic E-state index is -0.656. The molecule has 2 aromatic rings. The summed E-state index contributed by atoms with van der Waals surface area (Å²) < 4.78 is 0. The maximum Gasteiger partial charge on any atom is 0.0991 e. The van der Waals surface area contributed by atoms with Crippen molar-refractivity contribution in [3.8, 4) is 6.07 Å². The van der Waals surface area contributed by atoms with Crippen molar-refractivity contribution in [2.75, 3.05) is 24.2 Å². The molecular formula is C16H17N3O. The number of nitrogen functional groups attached to an aromatic ring is 1. The van der Waals surface area contributed by atoms with Crippen LogP contribution in [0.4, 0.5) is 11.4 Å². The number of nitriles is 1. The van der Waals surface area contributed by atoms with E-state index in [1.165, 1.54) is 0 Å². The molecule has 1 unspecified atom stereocenters. The Morgan fingerprint density at radius 3 is 2.45 bits per heavy atom. The van der Waals surface area contributed by atoms with Crippen molar-refractivity contribution in [3.63, 3.8) is 0 Å². The van der Waals surface area contributed by atoms with Crippen LogP contribution in [0.1, 0.15) is 17.2 Å². The zero-order chi connectivity index (χ0) is 14.5. The summed E-state index contributed by atoms with van der Waals surface area (Å²) in [5.74, 6) is 0. The van der Waals surface area contributed by atoms with Gasteiger partial charge in [0.1, 0.15) is 0 Å². The van der Waals surface area contributed by atoms with Gasteiger partial charge in [-0.2, -0.15) is 5.26 Å². The molecule has 0 aliphatic carbocycles. The summed E-state index contributed by atoms with van der Waals surface area (Å²) in [7, 11) is 1.89. The smallest absolute Gasteiger partial charge is 0.0991 e. The zero-order valence-electron chi connectivity index (χ0n) is 11.3. The Kier molecular flexibility index (Phi) is 4.24. The largest absolute Gasteiger partial charge is 0.398 e. The predicted octanol–water partition coefficient (Wildman–Crippen LogP) is 2.31. The van der Waals surface area contributed by atoms with Gasteiger partial charge < -0.3 is 15.7 Å². The lowest BCUT2D eigenvalue weighted by molar-refractivity contribution is 0.186. The highest BCUT2D eigenvalue weighted by molar-refractivity contribution is 5.51. The fourth-order valence-corrected chi connectivity index (χ4v) is 2.07. The predicted molar refractivity (Wildman–Crippen MR) is 80.2 cm³/mol. The number of anilines is 2. The molecule has 4 heteroatoms. The second-order valence-electron chi connectivity index (χ2n) is 4.68. The van der Waals surface area contributed by atoms with Gasteiger partial charge in [-0.3, -0.25) is 0 Å². The number of likely N-dealkylation sites (N-methyl/N-ethyl adjacent to an activating group) is 1. The lowest BCUT2D eigenvalue weighted by Crippen LogP contribution is -2.24. The molecule has 4 nitrogen and oxygen atoms in total. The summed E-state index contributed by atoms with van der Waals surface area (Å²) in [5, 5.41) is 19.0. The Hall–Kier alpha value is -2.51. The van der Waals surface area contributed by atoms with Crippen LogP contribution >= 0.6 is 0 Å². The van der Waals surface area contributed by atoms with E-state index < -0.39 is 6.10 Å². The minimum Gasteiger partial charge on any atom is -0.398 e. The number of rotatable bonds is 4. The Balaban J connectivity index is 2.09. The fourth-order valence-electron chi connectivity index (χ4n) is 2.07. The Bertz CT molecular complexity index is 616. The van der Waals surface area contributed by atoms with Crippen molar-refractivity contribution in [2.45, 2.75) is 6.10 Å². The monoisotopic (exact) mass is 267 g/mol. The number of hydrogen-bond acceptors (Lipinski definition) is 4. The molecule has 0 saturated carbocycles. The molecule has 0 saturated heterocycles. The van der Waals surface area contributed by atoms with E-state index in [4.69, 9.17) is 11.0 Å². The van der Waals surface area contributed by atoms with Crippen molar-refractivity contribution in [1.29, 1.82) is 5.26 Å². The van der Waals surface area contributed by atoms with Gasteiger partial charge in [0, 0.05) is 30.5 Å². The highest BCUT2D eigenvalue weighted by Crippen LogP contribution is 2.22. The first kappa shape index (κ1) is 13.9. The van der Waals surface area contributed by atoms with Gasteiger partial charge in [-0.25, -0.2) is 0 Å². The number of nitrogens with zero attached hydrogens (tertiary/aromatic N) is 2. The van der Waals surface area contributed by atoms with Gasteiger partial charge >= 0.3 is 0 Å². The van der Waals surface area contributed by atoms with E-state index in [0.29, 0.717) is 17.8 Å². The van der Waals surface area contributed by atoms with Crippen LogP contribution in [0, 0.1) is 11.3 Å². The van der Waals surface area contributed by atoms with Crippen LogP contribution < -0.4 is 10.6 Å². The van der Waals surface area contributed by atoms with Gasteiger partial charge in [-0.05, 0) is 30.3 Å². The summed E-state index contributed by atoms with van der Waals surface area (Å²) in [5.41, 5.74) is 8.74. The molecule has 2 rings (SSSR count). The van der Waals surface area contributed by atoms with Gasteiger partial charge in [0.2, 0.25) is 0 Å². The van der Waals surface area contributed by atoms with Crippen LogP contribution in [-0.4, -0.2) is 18.7 Å². The summed E-state index contributed by atoms with van der Waals surface area (Å²) in [6.45, 7) is 0.431. The number of aliphatic hydroxyl groups is 1. The quantitative estimate of drug-likeness (QED) is 0.834. The molecule has 1 atom stereocenters. The van der Waals surface area contributed by atoms with E-state index in [2.05, 4.69) is 6.07 Å². The summed E-state index contributed by atoms with van der Waals surface area (Å²) in [6, 6.07) is 16.6. The third kappa shape index (κ3) is 3.08. The van der Waals surface area contributed by atoms with Crippen LogP contribution in [-0.2, 0) is 0 Å². The SMILES string of the molecule is CN(CC(O)c1ccccc1N)c1ccc(C#N)cc1. The molecular weight excluding hydrogens is 250 g/mol. The Labute approximate surface area is 118 Å². The van der Waals surface area contributed by atoms with E-state index in [0.717, 1.165) is 11.3 Å². The lowest BCUT2D eigenvalue weighted by atomic mass is 10.1. The van der Waals surface area contributed by atoms with Gasteiger partial charge in [0.15, 0.2) is 0 Å². The zero-order valence-corrected chi connectivity index (χ0v) is 11.3. The lowest BCUT2D eigenvalue weighted by Gasteiger charge is -2.23. The number of hydrogen-bond donors (Lipinski definition) is 2. The molecule has 0 heterocycles. The van der Waals surface area contributed by atoms with Crippen molar-refractivity contribution in [2.24, 2.45) is 0 Å². The maximum atomic E-state index is 10.3. The van der Waals surface area contributed by atoms with Gasteiger partial charge in [-0.15, -0.1) is 0 Å². The number of aliphatic hydroxyl groups excluding tert-OH is 1. The molecule has 0 spiro atoms. The number of nitrogens with two attached hydrogens (primary N) is 1. The second-order valence-corrected chi connectivity index (χ2v) is 4.68. The highest BCUT2D eigenvalue weighted by atomic mass is 16.3. The average Bonchev–Trinajstić information content (AvgIpc) is 2.47. The summed E-state index contributed by atoms with van der Waals surface area (Å²) in [4.78, 5) is 1.93. The first-order valence-corrected chi connectivity index (χ1v) is 6.35. The number of para-hydroxylation sites is 1. The molecule has 20 heavy (non-hydrogen) atoms. The van der Waals surface area contributed by atoms with E-state index in [-0.39, 0.29) is 0 Å². The van der Waals surface area contributed by atoms with Crippen molar-refractivity contribution < 1.29 is 5.11 Å². The molecule has 2 aromatic carbocycles. The van der Waals surface area contributed by atoms with Gasteiger partial charge in [-0.1, -0.05) is 18.2 Å². The van der Waals surface area contributed by atoms with E-state index in [9.17, 15) is 5.11 Å².